The Morgan fingerprint density at radius 2 is 2.11 bits per heavy atom. The van der Waals surface area contributed by atoms with Gasteiger partial charge in [0.2, 0.25) is 5.90 Å². The molecule has 0 aliphatic carbocycles. The molecule has 0 atom stereocenters. The van der Waals surface area contributed by atoms with Crippen molar-refractivity contribution in [2.75, 3.05) is 13.7 Å². The summed E-state index contributed by atoms with van der Waals surface area (Å²) in [6.07, 6.45) is 2.45. The minimum absolute atomic E-state index is 0.185. The third-order valence-corrected chi connectivity index (χ3v) is 4.47. The smallest absolute Gasteiger partial charge is 0.363 e. The van der Waals surface area contributed by atoms with E-state index in [9.17, 15) is 4.79 Å². The van der Waals surface area contributed by atoms with Crippen molar-refractivity contribution in [1.29, 1.82) is 0 Å². The van der Waals surface area contributed by atoms with Gasteiger partial charge in [0.25, 0.3) is 0 Å². The lowest BCUT2D eigenvalue weighted by atomic mass is 10.1. The summed E-state index contributed by atoms with van der Waals surface area (Å²) in [4.78, 5) is 16.5. The predicted molar refractivity (Wildman–Crippen MR) is 109 cm³/mol. The predicted octanol–water partition coefficient (Wildman–Crippen LogP) is 5.24. The molecule has 0 unspecified atom stereocenters. The van der Waals surface area contributed by atoms with E-state index in [4.69, 9.17) is 25.8 Å². The largest absolute Gasteiger partial charge is 0.493 e. The average Bonchev–Trinajstić information content (AvgIpc) is 3.01. The molecule has 140 valence electrons. The third-order valence-electron chi connectivity index (χ3n) is 3.70. The van der Waals surface area contributed by atoms with Gasteiger partial charge in [0.05, 0.1) is 18.7 Å². The first-order valence-electron chi connectivity index (χ1n) is 8.30. The van der Waals surface area contributed by atoms with Crippen molar-refractivity contribution < 1.29 is 19.0 Å². The molecule has 1 aliphatic heterocycles. The molecular weight excluding hydrogens is 434 g/mol. The van der Waals surface area contributed by atoms with E-state index in [2.05, 4.69) is 20.9 Å². The number of ether oxygens (including phenoxy) is 3. The van der Waals surface area contributed by atoms with Crippen molar-refractivity contribution in [1.82, 2.24) is 0 Å². The number of benzene rings is 2. The molecule has 0 fully saturated rings. The average molecular weight is 451 g/mol. The quantitative estimate of drug-likeness (QED) is 0.446. The summed E-state index contributed by atoms with van der Waals surface area (Å²) in [5, 5.41) is 0.400. The first-order valence-corrected chi connectivity index (χ1v) is 9.47. The van der Waals surface area contributed by atoms with Crippen molar-refractivity contribution in [3.8, 4) is 11.5 Å². The minimum Gasteiger partial charge on any atom is -0.493 e. The van der Waals surface area contributed by atoms with Crippen LogP contribution in [-0.4, -0.2) is 25.6 Å². The third kappa shape index (κ3) is 4.51. The zero-order chi connectivity index (χ0) is 19.4. The lowest BCUT2D eigenvalue weighted by Gasteiger charge is -2.12. The number of carbonyl (C=O) groups excluding carboxylic acids is 1. The fourth-order valence-corrected chi connectivity index (χ4v) is 3.15. The Morgan fingerprint density at radius 3 is 2.81 bits per heavy atom. The number of cyclic esters (lactones) is 1. The van der Waals surface area contributed by atoms with Crippen LogP contribution in [0, 0.1) is 0 Å². The molecule has 3 rings (SSSR count). The highest BCUT2D eigenvalue weighted by molar-refractivity contribution is 9.10. The summed E-state index contributed by atoms with van der Waals surface area (Å²) in [5.41, 5.74) is 1.55. The molecule has 0 N–H and O–H groups in total. The van der Waals surface area contributed by atoms with Gasteiger partial charge in [-0.1, -0.05) is 40.5 Å². The van der Waals surface area contributed by atoms with E-state index in [1.165, 1.54) is 7.11 Å². The van der Waals surface area contributed by atoms with E-state index < -0.39 is 5.97 Å². The Hall–Kier alpha value is -2.31. The maximum atomic E-state index is 12.2. The van der Waals surface area contributed by atoms with Crippen LogP contribution in [0.1, 0.15) is 24.5 Å². The Kier molecular flexibility index (Phi) is 6.19. The zero-order valence-corrected chi connectivity index (χ0v) is 17.1. The van der Waals surface area contributed by atoms with E-state index in [-0.39, 0.29) is 11.6 Å². The standard InChI is InChI=1S/C20H17BrClNO4/c1-3-7-26-18-15(22)8-12(10-17(18)25-2)9-16-20(24)27-19(23-16)13-5-4-6-14(21)11-13/h4-6,8-11H,3,7H2,1-2H3/b16-9-. The summed E-state index contributed by atoms with van der Waals surface area (Å²) in [7, 11) is 1.54. The van der Waals surface area contributed by atoms with Gasteiger partial charge >= 0.3 is 5.97 Å². The molecule has 27 heavy (non-hydrogen) atoms. The highest BCUT2D eigenvalue weighted by Crippen LogP contribution is 2.37. The van der Waals surface area contributed by atoms with Gasteiger partial charge in [-0.05, 0) is 48.4 Å². The van der Waals surface area contributed by atoms with Gasteiger partial charge in [0, 0.05) is 10.0 Å². The molecule has 0 aromatic heterocycles. The van der Waals surface area contributed by atoms with E-state index >= 15 is 0 Å². The maximum absolute atomic E-state index is 12.2. The molecule has 0 bridgehead atoms. The number of nitrogens with zero attached hydrogens (tertiary/aromatic N) is 1. The lowest BCUT2D eigenvalue weighted by Crippen LogP contribution is -2.05. The molecule has 1 aliphatic rings. The molecule has 2 aromatic rings. The molecule has 5 nitrogen and oxygen atoms in total. The molecule has 0 amide bonds. The number of methoxy groups -OCH3 is 1. The van der Waals surface area contributed by atoms with Gasteiger partial charge in [-0.3, -0.25) is 0 Å². The monoisotopic (exact) mass is 449 g/mol. The highest BCUT2D eigenvalue weighted by Gasteiger charge is 2.24. The fraction of sp³-hybridized carbons (Fsp3) is 0.200. The van der Waals surface area contributed by atoms with Crippen LogP contribution >= 0.6 is 27.5 Å². The fourth-order valence-electron chi connectivity index (χ4n) is 2.48. The van der Waals surface area contributed by atoms with E-state index in [0.717, 1.165) is 10.9 Å². The summed E-state index contributed by atoms with van der Waals surface area (Å²) >= 11 is 9.71. The van der Waals surface area contributed by atoms with Crippen molar-refractivity contribution in [3.05, 3.63) is 62.7 Å². The second kappa shape index (κ2) is 8.59. The zero-order valence-electron chi connectivity index (χ0n) is 14.8. The van der Waals surface area contributed by atoms with Crippen LogP contribution < -0.4 is 9.47 Å². The van der Waals surface area contributed by atoms with Gasteiger partial charge in [0.1, 0.15) is 0 Å². The highest BCUT2D eigenvalue weighted by atomic mass is 79.9. The lowest BCUT2D eigenvalue weighted by molar-refractivity contribution is -0.129. The summed E-state index contributed by atoms with van der Waals surface area (Å²) in [5.74, 6) is 0.709. The van der Waals surface area contributed by atoms with Crippen LogP contribution in [0.25, 0.3) is 6.08 Å². The number of hydrogen-bond donors (Lipinski definition) is 0. The normalized spacial score (nSPS) is 14.9. The Morgan fingerprint density at radius 1 is 1.30 bits per heavy atom. The molecule has 0 saturated heterocycles. The first kappa shape index (κ1) is 19.5. The second-order valence-electron chi connectivity index (χ2n) is 5.73. The maximum Gasteiger partial charge on any atom is 0.363 e. The van der Waals surface area contributed by atoms with Gasteiger partial charge in [-0.2, -0.15) is 0 Å². The molecule has 0 saturated carbocycles. The van der Waals surface area contributed by atoms with Gasteiger partial charge in [0.15, 0.2) is 17.2 Å². The molecule has 0 spiro atoms. The van der Waals surface area contributed by atoms with E-state index in [1.807, 2.05) is 31.2 Å². The molecule has 2 aromatic carbocycles. The number of rotatable bonds is 6. The number of esters is 1. The van der Waals surface area contributed by atoms with Crippen LogP contribution in [0.4, 0.5) is 0 Å². The van der Waals surface area contributed by atoms with Crippen LogP contribution in [0.2, 0.25) is 5.02 Å². The number of halogens is 2. The van der Waals surface area contributed by atoms with Gasteiger partial charge in [-0.25, -0.2) is 9.79 Å². The van der Waals surface area contributed by atoms with Gasteiger partial charge < -0.3 is 14.2 Å². The van der Waals surface area contributed by atoms with Gasteiger partial charge in [-0.15, -0.1) is 0 Å². The molecule has 1 heterocycles. The van der Waals surface area contributed by atoms with Crippen molar-refractivity contribution >= 4 is 45.5 Å². The van der Waals surface area contributed by atoms with Crippen LogP contribution in [0.15, 0.2) is 51.6 Å². The van der Waals surface area contributed by atoms with Crippen molar-refractivity contribution in [3.63, 3.8) is 0 Å². The number of aliphatic imine (C=N–C) groups is 1. The van der Waals surface area contributed by atoms with Crippen LogP contribution in [0.5, 0.6) is 11.5 Å². The molecular formula is C20H17BrClNO4. The Bertz CT molecular complexity index is 940. The SMILES string of the molecule is CCCOc1c(Cl)cc(/C=C2\N=C(c3cccc(Br)c3)OC2=O)cc1OC. The second-order valence-corrected chi connectivity index (χ2v) is 7.05. The summed E-state index contributed by atoms with van der Waals surface area (Å²) in [6.45, 7) is 2.54. The number of carbonyl (C=O) groups is 1. The van der Waals surface area contributed by atoms with E-state index in [0.29, 0.717) is 34.3 Å². The first-order chi connectivity index (χ1) is 13.0. The van der Waals surface area contributed by atoms with Crippen molar-refractivity contribution in [2.24, 2.45) is 4.99 Å². The molecule has 7 heteroatoms. The van der Waals surface area contributed by atoms with Crippen molar-refractivity contribution in [2.45, 2.75) is 13.3 Å². The summed E-state index contributed by atoms with van der Waals surface area (Å²) < 4.78 is 17.2. The Labute approximate surface area is 170 Å². The Balaban J connectivity index is 1.94. The molecule has 0 radical (unpaired) electrons. The van der Waals surface area contributed by atoms with Crippen LogP contribution in [0.3, 0.4) is 0 Å². The number of hydrogen-bond acceptors (Lipinski definition) is 5. The van der Waals surface area contributed by atoms with Crippen LogP contribution in [-0.2, 0) is 9.53 Å². The summed E-state index contributed by atoms with van der Waals surface area (Å²) in [6, 6.07) is 10.8. The minimum atomic E-state index is -0.522. The van der Waals surface area contributed by atoms with E-state index in [1.54, 1.807) is 18.2 Å². The topological polar surface area (TPSA) is 57.1 Å².